The number of sulfonamides is 1. The van der Waals surface area contributed by atoms with E-state index < -0.39 is 10.0 Å². The number of hydrogen-bond acceptors (Lipinski definition) is 3. The molecule has 1 fully saturated rings. The van der Waals surface area contributed by atoms with E-state index in [0.29, 0.717) is 4.90 Å². The number of hydrogen-bond donors (Lipinski definition) is 1. The van der Waals surface area contributed by atoms with E-state index >= 15 is 0 Å². The predicted molar refractivity (Wildman–Crippen MR) is 76.7 cm³/mol. The molecule has 1 unspecified atom stereocenters. The average molecular weight is 282 g/mol. The van der Waals surface area contributed by atoms with Crippen molar-refractivity contribution in [2.24, 2.45) is 0 Å². The standard InChI is InChI=1S/C14H22N2O2S/c1-3-4-12-5-7-14(8-6-12)19(17,18)16(2)13-9-10-15-11-13/h5-8,13,15H,3-4,9-11H2,1-2H3. The predicted octanol–water partition coefficient (Wildman–Crippen LogP) is 1.62. The fourth-order valence-corrected chi connectivity index (χ4v) is 3.81. The maximum Gasteiger partial charge on any atom is 0.243 e. The molecule has 19 heavy (non-hydrogen) atoms. The lowest BCUT2D eigenvalue weighted by molar-refractivity contribution is 0.388. The van der Waals surface area contributed by atoms with E-state index in [1.807, 2.05) is 12.1 Å². The maximum absolute atomic E-state index is 12.5. The smallest absolute Gasteiger partial charge is 0.243 e. The van der Waals surface area contributed by atoms with E-state index in [2.05, 4.69) is 12.2 Å². The van der Waals surface area contributed by atoms with Crippen molar-refractivity contribution in [1.82, 2.24) is 9.62 Å². The van der Waals surface area contributed by atoms with Crippen molar-refractivity contribution in [2.45, 2.75) is 37.1 Å². The molecular formula is C14H22N2O2S. The Balaban J connectivity index is 2.18. The fraction of sp³-hybridized carbons (Fsp3) is 0.571. The number of rotatable bonds is 5. The summed E-state index contributed by atoms with van der Waals surface area (Å²) in [7, 11) is -1.69. The monoisotopic (exact) mass is 282 g/mol. The van der Waals surface area contributed by atoms with E-state index in [4.69, 9.17) is 0 Å². The lowest BCUT2D eigenvalue weighted by Crippen LogP contribution is -2.38. The minimum Gasteiger partial charge on any atom is -0.315 e. The topological polar surface area (TPSA) is 49.4 Å². The van der Waals surface area contributed by atoms with Crippen LogP contribution < -0.4 is 5.32 Å². The van der Waals surface area contributed by atoms with Gasteiger partial charge in [0, 0.05) is 19.6 Å². The van der Waals surface area contributed by atoms with Crippen molar-refractivity contribution < 1.29 is 8.42 Å². The zero-order valence-corrected chi connectivity index (χ0v) is 12.4. The summed E-state index contributed by atoms with van der Waals surface area (Å²) in [5.41, 5.74) is 1.19. The number of benzene rings is 1. The first-order valence-electron chi connectivity index (χ1n) is 6.83. The van der Waals surface area contributed by atoms with Gasteiger partial charge in [-0.05, 0) is 37.1 Å². The Kier molecular flexibility index (Phi) is 4.60. The van der Waals surface area contributed by atoms with Gasteiger partial charge in [-0.15, -0.1) is 0 Å². The van der Waals surface area contributed by atoms with Crippen LogP contribution in [-0.2, 0) is 16.4 Å². The van der Waals surface area contributed by atoms with E-state index in [9.17, 15) is 8.42 Å². The lowest BCUT2D eigenvalue weighted by Gasteiger charge is -2.23. The van der Waals surface area contributed by atoms with Gasteiger partial charge in [0.25, 0.3) is 0 Å². The number of nitrogens with one attached hydrogen (secondary N) is 1. The van der Waals surface area contributed by atoms with Gasteiger partial charge in [-0.1, -0.05) is 25.5 Å². The van der Waals surface area contributed by atoms with Gasteiger partial charge in [0.2, 0.25) is 10.0 Å². The molecule has 1 N–H and O–H groups in total. The highest BCUT2D eigenvalue weighted by atomic mass is 32.2. The maximum atomic E-state index is 12.5. The van der Waals surface area contributed by atoms with Crippen LogP contribution in [0, 0.1) is 0 Å². The molecule has 0 saturated carbocycles. The van der Waals surface area contributed by atoms with Crippen LogP contribution in [0.1, 0.15) is 25.3 Å². The van der Waals surface area contributed by atoms with Crippen molar-refractivity contribution in [3.05, 3.63) is 29.8 Å². The van der Waals surface area contributed by atoms with Gasteiger partial charge >= 0.3 is 0 Å². The summed E-state index contributed by atoms with van der Waals surface area (Å²) in [5.74, 6) is 0. The molecule has 1 saturated heterocycles. The van der Waals surface area contributed by atoms with E-state index in [1.165, 1.54) is 9.87 Å². The summed E-state index contributed by atoms with van der Waals surface area (Å²) in [6, 6.07) is 7.34. The highest BCUT2D eigenvalue weighted by Gasteiger charge is 2.29. The van der Waals surface area contributed by atoms with Crippen molar-refractivity contribution in [2.75, 3.05) is 20.1 Å². The summed E-state index contributed by atoms with van der Waals surface area (Å²) in [6.07, 6.45) is 2.94. The zero-order chi connectivity index (χ0) is 13.9. The molecular weight excluding hydrogens is 260 g/mol. The molecule has 0 aliphatic carbocycles. The normalized spacial score (nSPS) is 20.1. The van der Waals surface area contributed by atoms with Gasteiger partial charge in [-0.3, -0.25) is 0 Å². The summed E-state index contributed by atoms with van der Waals surface area (Å²) >= 11 is 0. The molecule has 1 heterocycles. The molecule has 1 aliphatic rings. The van der Waals surface area contributed by atoms with Crippen LogP contribution in [-0.4, -0.2) is 38.9 Å². The second-order valence-electron chi connectivity index (χ2n) is 5.06. The molecule has 0 radical (unpaired) electrons. The Morgan fingerprint density at radius 2 is 2.00 bits per heavy atom. The number of aryl methyl sites for hydroxylation is 1. The minimum absolute atomic E-state index is 0.0697. The van der Waals surface area contributed by atoms with Crippen LogP contribution in [0.15, 0.2) is 29.2 Å². The number of likely N-dealkylation sites (N-methyl/N-ethyl adjacent to an activating group) is 1. The first kappa shape index (κ1) is 14.5. The molecule has 106 valence electrons. The summed E-state index contributed by atoms with van der Waals surface area (Å²) in [4.78, 5) is 0.391. The summed E-state index contributed by atoms with van der Waals surface area (Å²) < 4.78 is 26.5. The van der Waals surface area contributed by atoms with Crippen molar-refractivity contribution in [3.8, 4) is 0 Å². The third-order valence-electron chi connectivity index (χ3n) is 3.69. The molecule has 0 spiro atoms. The van der Waals surface area contributed by atoms with Crippen molar-refractivity contribution in [1.29, 1.82) is 0 Å². The Morgan fingerprint density at radius 3 is 2.53 bits per heavy atom. The molecule has 2 rings (SSSR count). The highest BCUT2D eigenvalue weighted by molar-refractivity contribution is 7.89. The molecule has 4 nitrogen and oxygen atoms in total. The van der Waals surface area contributed by atoms with Crippen molar-refractivity contribution in [3.63, 3.8) is 0 Å². The molecule has 0 amide bonds. The second-order valence-corrected chi connectivity index (χ2v) is 7.06. The van der Waals surface area contributed by atoms with Crippen LogP contribution in [0.3, 0.4) is 0 Å². The quantitative estimate of drug-likeness (QED) is 0.893. The molecule has 0 bridgehead atoms. The van der Waals surface area contributed by atoms with Crippen LogP contribution >= 0.6 is 0 Å². The highest BCUT2D eigenvalue weighted by Crippen LogP contribution is 2.20. The number of nitrogens with zero attached hydrogens (tertiary/aromatic N) is 1. The van der Waals surface area contributed by atoms with Crippen LogP contribution in [0.2, 0.25) is 0 Å². The van der Waals surface area contributed by atoms with Gasteiger partial charge in [-0.25, -0.2) is 8.42 Å². The van der Waals surface area contributed by atoms with Crippen LogP contribution in [0.4, 0.5) is 0 Å². The Hall–Kier alpha value is -0.910. The Bertz CT molecular complexity index is 505. The van der Waals surface area contributed by atoms with Gasteiger partial charge in [0.05, 0.1) is 4.90 Å². The van der Waals surface area contributed by atoms with E-state index in [0.717, 1.165) is 32.4 Å². The largest absolute Gasteiger partial charge is 0.315 e. The molecule has 1 aliphatic heterocycles. The zero-order valence-electron chi connectivity index (χ0n) is 11.6. The van der Waals surface area contributed by atoms with Gasteiger partial charge < -0.3 is 5.32 Å². The Morgan fingerprint density at radius 1 is 1.32 bits per heavy atom. The first-order valence-corrected chi connectivity index (χ1v) is 8.27. The van der Waals surface area contributed by atoms with Gasteiger partial charge in [0.15, 0.2) is 0 Å². The summed E-state index contributed by atoms with van der Waals surface area (Å²) in [5, 5.41) is 3.20. The van der Waals surface area contributed by atoms with Crippen LogP contribution in [0.5, 0.6) is 0 Å². The second kappa shape index (κ2) is 6.03. The third-order valence-corrected chi connectivity index (χ3v) is 5.61. The molecule has 1 aromatic rings. The van der Waals surface area contributed by atoms with E-state index in [-0.39, 0.29) is 6.04 Å². The lowest BCUT2D eigenvalue weighted by atomic mass is 10.1. The Labute approximate surface area is 115 Å². The SMILES string of the molecule is CCCc1ccc(S(=O)(=O)N(C)C2CCNC2)cc1. The van der Waals surface area contributed by atoms with Gasteiger partial charge in [0.1, 0.15) is 0 Å². The molecule has 1 aromatic carbocycles. The van der Waals surface area contributed by atoms with Crippen molar-refractivity contribution >= 4 is 10.0 Å². The van der Waals surface area contributed by atoms with Crippen LogP contribution in [0.25, 0.3) is 0 Å². The molecule has 0 aromatic heterocycles. The van der Waals surface area contributed by atoms with E-state index in [1.54, 1.807) is 19.2 Å². The minimum atomic E-state index is -3.36. The molecule has 5 heteroatoms. The first-order chi connectivity index (χ1) is 9.05. The fourth-order valence-electron chi connectivity index (χ4n) is 2.43. The summed E-state index contributed by atoms with van der Waals surface area (Å²) in [6.45, 7) is 3.75. The average Bonchev–Trinajstić information content (AvgIpc) is 2.92. The van der Waals surface area contributed by atoms with Gasteiger partial charge in [-0.2, -0.15) is 4.31 Å². The third kappa shape index (κ3) is 3.16. The molecule has 1 atom stereocenters.